The maximum Gasteiger partial charge on any atom is 0.101 e. The third-order valence-electron chi connectivity index (χ3n) is 4.46. The van der Waals surface area contributed by atoms with Crippen LogP contribution < -0.4 is 0 Å². The third-order valence-corrected chi connectivity index (χ3v) is 4.46. The van der Waals surface area contributed by atoms with Crippen molar-refractivity contribution in [1.82, 2.24) is 14.4 Å². The Morgan fingerprint density at radius 2 is 1.20 bits per heavy atom. The standard InChI is InChI=1S/C22H15N3/c1-3-9-16(10-4-1)20-22-21(17-11-5-2-6-12-17)24-18-13-7-8-14-19(18)25(22)15-23-20/h1-15H. The van der Waals surface area contributed by atoms with E-state index in [0.29, 0.717) is 0 Å². The number of para-hydroxylation sites is 2. The van der Waals surface area contributed by atoms with Crippen LogP contribution in [0.5, 0.6) is 0 Å². The third kappa shape index (κ3) is 2.21. The van der Waals surface area contributed by atoms with Crippen molar-refractivity contribution >= 4 is 16.6 Å². The first-order chi connectivity index (χ1) is 12.4. The van der Waals surface area contributed by atoms with E-state index >= 15 is 0 Å². The molecule has 0 aliphatic carbocycles. The fourth-order valence-electron chi connectivity index (χ4n) is 3.30. The summed E-state index contributed by atoms with van der Waals surface area (Å²) in [6.07, 6.45) is 1.90. The van der Waals surface area contributed by atoms with Crippen LogP contribution in [0.3, 0.4) is 0 Å². The van der Waals surface area contributed by atoms with Crippen LogP contribution in [0, 0.1) is 0 Å². The van der Waals surface area contributed by atoms with Crippen molar-refractivity contribution in [2.45, 2.75) is 0 Å². The van der Waals surface area contributed by atoms with E-state index in [-0.39, 0.29) is 0 Å². The number of fused-ring (bicyclic) bond motifs is 3. The van der Waals surface area contributed by atoms with E-state index in [1.54, 1.807) is 0 Å². The van der Waals surface area contributed by atoms with Crippen LogP contribution in [0.2, 0.25) is 0 Å². The van der Waals surface area contributed by atoms with Crippen molar-refractivity contribution in [3.8, 4) is 22.5 Å². The highest BCUT2D eigenvalue weighted by Crippen LogP contribution is 2.33. The Morgan fingerprint density at radius 1 is 0.600 bits per heavy atom. The van der Waals surface area contributed by atoms with Gasteiger partial charge >= 0.3 is 0 Å². The molecule has 0 aliphatic rings. The molecule has 0 atom stereocenters. The molecular weight excluding hydrogens is 306 g/mol. The Morgan fingerprint density at radius 3 is 1.92 bits per heavy atom. The number of aromatic nitrogens is 3. The number of nitrogens with zero attached hydrogens (tertiary/aromatic N) is 3. The Hall–Kier alpha value is -3.46. The molecule has 0 radical (unpaired) electrons. The van der Waals surface area contributed by atoms with Crippen LogP contribution in [0.4, 0.5) is 0 Å². The Kier molecular flexibility index (Phi) is 3.10. The van der Waals surface area contributed by atoms with Crippen molar-refractivity contribution in [2.75, 3.05) is 0 Å². The van der Waals surface area contributed by atoms with Crippen LogP contribution in [0.15, 0.2) is 91.3 Å². The van der Waals surface area contributed by atoms with Crippen molar-refractivity contribution in [1.29, 1.82) is 0 Å². The van der Waals surface area contributed by atoms with Crippen LogP contribution in [-0.2, 0) is 0 Å². The second-order valence-electron chi connectivity index (χ2n) is 5.99. The summed E-state index contributed by atoms with van der Waals surface area (Å²) >= 11 is 0. The van der Waals surface area contributed by atoms with E-state index in [0.717, 1.165) is 39.1 Å². The summed E-state index contributed by atoms with van der Waals surface area (Å²) in [4.78, 5) is 9.70. The molecule has 2 heterocycles. The number of hydrogen-bond donors (Lipinski definition) is 0. The average Bonchev–Trinajstić information content (AvgIpc) is 3.14. The van der Waals surface area contributed by atoms with Crippen molar-refractivity contribution in [3.05, 3.63) is 91.3 Å². The molecule has 118 valence electrons. The average molecular weight is 321 g/mol. The van der Waals surface area contributed by atoms with Gasteiger partial charge < -0.3 is 0 Å². The first-order valence-electron chi connectivity index (χ1n) is 8.28. The lowest BCUT2D eigenvalue weighted by Crippen LogP contribution is -1.95. The molecule has 3 aromatic carbocycles. The van der Waals surface area contributed by atoms with Crippen LogP contribution in [0.25, 0.3) is 39.1 Å². The van der Waals surface area contributed by atoms with Crippen LogP contribution in [0.1, 0.15) is 0 Å². The SMILES string of the molecule is c1ccc(-c2ncn3c2c(-c2ccccc2)nc2ccccc23)cc1. The molecule has 0 unspecified atom stereocenters. The van der Waals surface area contributed by atoms with Gasteiger partial charge in [-0.2, -0.15) is 0 Å². The van der Waals surface area contributed by atoms with Gasteiger partial charge in [0.15, 0.2) is 0 Å². The summed E-state index contributed by atoms with van der Waals surface area (Å²) in [7, 11) is 0. The molecule has 0 saturated carbocycles. The first-order valence-corrected chi connectivity index (χ1v) is 8.28. The summed E-state index contributed by atoms with van der Waals surface area (Å²) in [6.45, 7) is 0. The molecule has 0 spiro atoms. The molecule has 2 aromatic heterocycles. The second kappa shape index (κ2) is 5.56. The van der Waals surface area contributed by atoms with Crippen molar-refractivity contribution < 1.29 is 0 Å². The zero-order valence-electron chi connectivity index (χ0n) is 13.5. The maximum absolute atomic E-state index is 4.97. The van der Waals surface area contributed by atoms with Gasteiger partial charge in [-0.15, -0.1) is 0 Å². The van der Waals surface area contributed by atoms with Gasteiger partial charge in [0.2, 0.25) is 0 Å². The zero-order chi connectivity index (χ0) is 16.6. The lowest BCUT2D eigenvalue weighted by atomic mass is 10.1. The van der Waals surface area contributed by atoms with E-state index in [4.69, 9.17) is 9.97 Å². The summed E-state index contributed by atoms with van der Waals surface area (Å²) in [5.41, 5.74) is 7.16. The monoisotopic (exact) mass is 321 g/mol. The summed E-state index contributed by atoms with van der Waals surface area (Å²) in [6, 6.07) is 28.8. The van der Waals surface area contributed by atoms with E-state index in [9.17, 15) is 0 Å². The molecule has 25 heavy (non-hydrogen) atoms. The van der Waals surface area contributed by atoms with Gasteiger partial charge in [-0.3, -0.25) is 4.40 Å². The fourth-order valence-corrected chi connectivity index (χ4v) is 3.30. The Bertz CT molecular complexity index is 1180. The smallest absolute Gasteiger partial charge is 0.101 e. The lowest BCUT2D eigenvalue weighted by Gasteiger charge is -2.09. The second-order valence-corrected chi connectivity index (χ2v) is 5.99. The molecule has 0 amide bonds. The normalized spacial score (nSPS) is 11.2. The van der Waals surface area contributed by atoms with Gasteiger partial charge in [0.05, 0.1) is 27.9 Å². The van der Waals surface area contributed by atoms with Crippen LogP contribution >= 0.6 is 0 Å². The Labute approximate surface area is 145 Å². The lowest BCUT2D eigenvalue weighted by molar-refractivity contribution is 1.19. The van der Waals surface area contributed by atoms with E-state index in [1.807, 2.05) is 60.9 Å². The minimum Gasteiger partial charge on any atom is -0.295 e. The van der Waals surface area contributed by atoms with Gasteiger partial charge in [0.1, 0.15) is 6.33 Å². The molecule has 0 saturated heterocycles. The predicted octanol–water partition coefficient (Wildman–Crippen LogP) is 5.22. The van der Waals surface area contributed by atoms with Gasteiger partial charge in [0.25, 0.3) is 0 Å². The van der Waals surface area contributed by atoms with Gasteiger partial charge in [-0.05, 0) is 12.1 Å². The van der Waals surface area contributed by atoms with Gasteiger partial charge in [-0.25, -0.2) is 9.97 Å². The topological polar surface area (TPSA) is 30.2 Å². The van der Waals surface area contributed by atoms with Crippen LogP contribution in [-0.4, -0.2) is 14.4 Å². The molecule has 0 aliphatic heterocycles. The molecule has 0 N–H and O–H groups in total. The quantitative estimate of drug-likeness (QED) is 0.446. The minimum atomic E-state index is 0.954. The summed E-state index contributed by atoms with van der Waals surface area (Å²) < 4.78 is 2.15. The molecule has 3 heteroatoms. The number of hydrogen-bond acceptors (Lipinski definition) is 2. The number of benzene rings is 3. The number of rotatable bonds is 2. The minimum absolute atomic E-state index is 0.954. The molecule has 3 nitrogen and oxygen atoms in total. The number of imidazole rings is 1. The van der Waals surface area contributed by atoms with E-state index < -0.39 is 0 Å². The fraction of sp³-hybridized carbons (Fsp3) is 0. The summed E-state index contributed by atoms with van der Waals surface area (Å²) in [5, 5.41) is 0. The van der Waals surface area contributed by atoms with Gasteiger partial charge in [0, 0.05) is 11.1 Å². The highest BCUT2D eigenvalue weighted by molar-refractivity contribution is 5.94. The predicted molar refractivity (Wildman–Crippen MR) is 101 cm³/mol. The summed E-state index contributed by atoms with van der Waals surface area (Å²) in [5.74, 6) is 0. The van der Waals surface area contributed by atoms with E-state index in [2.05, 4.69) is 34.7 Å². The van der Waals surface area contributed by atoms with Crippen molar-refractivity contribution in [3.63, 3.8) is 0 Å². The van der Waals surface area contributed by atoms with E-state index in [1.165, 1.54) is 0 Å². The zero-order valence-corrected chi connectivity index (χ0v) is 13.5. The molecular formula is C22H15N3. The molecule has 0 fully saturated rings. The highest BCUT2D eigenvalue weighted by Gasteiger charge is 2.16. The maximum atomic E-state index is 4.97. The molecule has 0 bridgehead atoms. The first kappa shape index (κ1) is 13.9. The molecule has 5 rings (SSSR count). The Balaban J connectivity index is 1.94. The van der Waals surface area contributed by atoms with Crippen molar-refractivity contribution in [2.24, 2.45) is 0 Å². The van der Waals surface area contributed by atoms with Gasteiger partial charge in [-0.1, -0.05) is 72.8 Å². The molecule has 5 aromatic rings. The highest BCUT2D eigenvalue weighted by atomic mass is 15.0. The largest absolute Gasteiger partial charge is 0.295 e.